The van der Waals surface area contributed by atoms with Crippen LogP contribution in [0.4, 0.5) is 0 Å². The molecule has 4 N–H and O–H groups in total. The highest BCUT2D eigenvalue weighted by atomic mass is 35.5. The van der Waals surface area contributed by atoms with Gasteiger partial charge >= 0.3 is 0 Å². The van der Waals surface area contributed by atoms with Crippen LogP contribution in [0.25, 0.3) is 0 Å². The molecule has 7 atom stereocenters. The number of benzene rings is 4. The lowest BCUT2D eigenvalue weighted by molar-refractivity contribution is -0.124. The summed E-state index contributed by atoms with van der Waals surface area (Å²) in [5.74, 6) is -0.681. The molecule has 0 spiro atoms. The number of fused-ring (bicyclic) bond motifs is 4. The number of rotatable bonds is 13. The normalized spacial score (nSPS) is 23.4. The van der Waals surface area contributed by atoms with Crippen molar-refractivity contribution in [3.63, 3.8) is 0 Å². The lowest BCUT2D eigenvalue weighted by Crippen LogP contribution is -2.53. The molecule has 0 unspecified atom stereocenters. The fraction of sp³-hybridized carbons (Fsp3) is 0.417. The van der Waals surface area contributed by atoms with Gasteiger partial charge in [0.2, 0.25) is 11.8 Å². The maximum Gasteiger partial charge on any atom is 0.251 e. The summed E-state index contributed by atoms with van der Waals surface area (Å²) < 4.78 is 0. The van der Waals surface area contributed by atoms with Crippen LogP contribution in [0.5, 0.6) is 0 Å². The average molecular weight is 921 g/mol. The quantitative estimate of drug-likeness (QED) is 0.106. The lowest BCUT2D eigenvalue weighted by atomic mass is 9.96. The number of amides is 4. The minimum absolute atomic E-state index is 0.0121. The van der Waals surface area contributed by atoms with Crippen LogP contribution >= 0.6 is 46.4 Å². The van der Waals surface area contributed by atoms with Crippen molar-refractivity contribution in [2.24, 2.45) is 0 Å². The van der Waals surface area contributed by atoms with Crippen LogP contribution in [0.2, 0.25) is 20.1 Å². The Balaban J connectivity index is 0.000000186. The first-order chi connectivity index (χ1) is 29.9. The van der Waals surface area contributed by atoms with Crippen LogP contribution in [0, 0.1) is 0 Å². The highest BCUT2D eigenvalue weighted by Gasteiger charge is 2.42. The van der Waals surface area contributed by atoms with Crippen molar-refractivity contribution in [2.75, 3.05) is 6.54 Å². The molecule has 4 heterocycles. The van der Waals surface area contributed by atoms with Gasteiger partial charge in [0.05, 0.1) is 0 Å². The molecular weight excluding hydrogens is 866 g/mol. The monoisotopic (exact) mass is 918 g/mol. The molecule has 328 valence electrons. The second-order valence-corrected chi connectivity index (χ2v) is 18.7. The fourth-order valence-electron chi connectivity index (χ4n) is 9.52. The van der Waals surface area contributed by atoms with Crippen molar-refractivity contribution < 1.29 is 19.2 Å². The molecule has 14 heteroatoms. The number of carbonyl (C=O) groups is 4. The molecule has 10 nitrogen and oxygen atoms in total. The van der Waals surface area contributed by atoms with Crippen LogP contribution < -0.4 is 21.3 Å². The summed E-state index contributed by atoms with van der Waals surface area (Å²) in [7, 11) is 0. The van der Waals surface area contributed by atoms with E-state index >= 15 is 0 Å². The van der Waals surface area contributed by atoms with Gasteiger partial charge in [-0.15, -0.1) is 0 Å². The number of halogens is 4. The molecule has 0 aromatic heterocycles. The van der Waals surface area contributed by atoms with Gasteiger partial charge in [-0.2, -0.15) is 0 Å². The maximum atomic E-state index is 12.7. The molecule has 0 aliphatic carbocycles. The molecule has 4 aromatic rings. The van der Waals surface area contributed by atoms with Gasteiger partial charge in [-0.25, -0.2) is 0 Å². The number of carbonyl (C=O) groups excluding carboxylic acids is 4. The van der Waals surface area contributed by atoms with E-state index in [1.807, 2.05) is 24.3 Å². The van der Waals surface area contributed by atoms with Crippen molar-refractivity contribution in [3.05, 3.63) is 139 Å². The molecule has 4 aliphatic heterocycles. The first-order valence-corrected chi connectivity index (χ1v) is 23.1. The Bertz CT molecular complexity index is 2160. The molecule has 4 bridgehead atoms. The SMILES string of the molecule is C[C@H](NC(=O)c1cccc(Cl)c1)C(=O)N[C@H]1C[C@H]2CC[C@@H](C1)N2Cc1ccc(Cl)cc1.O=C(CCNC(=O)c1cccc(Cl)c1)N[C@H]1C[C@H]2CC[C@@H](C1)N2Cc1ccc(Cl)cc1. The van der Waals surface area contributed by atoms with Gasteiger partial charge in [0.15, 0.2) is 0 Å². The van der Waals surface area contributed by atoms with Crippen LogP contribution in [-0.2, 0) is 22.7 Å². The third kappa shape index (κ3) is 12.5. The predicted octanol–water partition coefficient (Wildman–Crippen LogP) is 8.85. The molecule has 0 radical (unpaired) electrons. The average Bonchev–Trinajstić information content (AvgIpc) is 3.61. The Morgan fingerprint density at radius 2 is 1.02 bits per heavy atom. The third-order valence-corrected chi connectivity index (χ3v) is 13.6. The Morgan fingerprint density at radius 3 is 1.47 bits per heavy atom. The fourth-order valence-corrected chi connectivity index (χ4v) is 10.2. The van der Waals surface area contributed by atoms with Crippen LogP contribution in [0.1, 0.15) is 96.6 Å². The molecule has 0 saturated carbocycles. The summed E-state index contributed by atoms with van der Waals surface area (Å²) in [5.41, 5.74) is 3.48. The van der Waals surface area contributed by atoms with E-state index in [1.165, 1.54) is 24.0 Å². The zero-order valence-electron chi connectivity index (χ0n) is 34.8. The third-order valence-electron chi connectivity index (χ3n) is 12.6. The molecule has 8 rings (SSSR count). The summed E-state index contributed by atoms with van der Waals surface area (Å²) in [6.45, 7) is 3.86. The van der Waals surface area contributed by atoms with Gasteiger partial charge in [0.25, 0.3) is 11.8 Å². The van der Waals surface area contributed by atoms with E-state index in [2.05, 4.69) is 55.3 Å². The van der Waals surface area contributed by atoms with Crippen LogP contribution in [0.3, 0.4) is 0 Å². The van der Waals surface area contributed by atoms with Crippen molar-refractivity contribution in [1.82, 2.24) is 31.1 Å². The van der Waals surface area contributed by atoms with Gasteiger partial charge in [-0.1, -0.05) is 82.8 Å². The molecule has 62 heavy (non-hydrogen) atoms. The molecule has 4 saturated heterocycles. The zero-order valence-corrected chi connectivity index (χ0v) is 37.8. The number of nitrogens with zero attached hydrogens (tertiary/aromatic N) is 2. The molecule has 4 amide bonds. The highest BCUT2D eigenvalue weighted by molar-refractivity contribution is 6.31. The van der Waals surface area contributed by atoms with Gasteiger partial charge in [-0.05, 0) is 130 Å². The summed E-state index contributed by atoms with van der Waals surface area (Å²) >= 11 is 23.9. The second-order valence-electron chi connectivity index (χ2n) is 17.0. The lowest BCUT2D eigenvalue weighted by Gasteiger charge is -2.39. The summed E-state index contributed by atoms with van der Waals surface area (Å²) in [4.78, 5) is 54.8. The summed E-state index contributed by atoms with van der Waals surface area (Å²) in [6.07, 6.45) is 8.77. The van der Waals surface area contributed by atoms with Gasteiger partial charge in [-0.3, -0.25) is 29.0 Å². The highest BCUT2D eigenvalue weighted by Crippen LogP contribution is 2.38. The standard InChI is InChI=1S/2C24H27Cl2N3O2/c1-15(27-24(31)17-3-2-4-19(26)11-17)23(30)28-20-12-21-9-10-22(13-20)29(21)14-16-5-7-18(25)8-6-16;25-18-6-4-16(5-7-18)15-29-21-8-9-22(29)14-20(13-21)28-23(30)10-11-27-24(31)17-2-1-3-19(26)12-17/h2-8,11,15,20-22H,9-10,12-14H2,1H3,(H,27,31)(H,28,30);1-7,12,20-22H,8-11,13-15H2,(H,27,31)(H,28,30)/t15-,20-,21+,22-;20-,21+,22-/m0./s1. The molecule has 4 aromatic carbocycles. The van der Waals surface area contributed by atoms with E-state index in [-0.39, 0.29) is 42.1 Å². The van der Waals surface area contributed by atoms with Crippen molar-refractivity contribution in [2.45, 2.75) is 120 Å². The van der Waals surface area contributed by atoms with E-state index in [9.17, 15) is 19.2 Å². The molecule has 4 aliphatic rings. The van der Waals surface area contributed by atoms with E-state index in [0.29, 0.717) is 51.9 Å². The predicted molar refractivity (Wildman–Crippen MR) is 247 cm³/mol. The first kappa shape index (κ1) is 45.9. The van der Waals surface area contributed by atoms with Gasteiger partial charge < -0.3 is 21.3 Å². The van der Waals surface area contributed by atoms with Crippen LogP contribution in [0.15, 0.2) is 97.1 Å². The van der Waals surface area contributed by atoms with E-state index in [4.69, 9.17) is 46.4 Å². The Kier molecular flexibility index (Phi) is 15.9. The van der Waals surface area contributed by atoms with E-state index in [0.717, 1.165) is 61.7 Å². The maximum absolute atomic E-state index is 12.7. The number of piperidine rings is 2. The minimum atomic E-state index is -0.615. The molecule has 4 fully saturated rings. The van der Waals surface area contributed by atoms with Crippen molar-refractivity contribution in [1.29, 1.82) is 0 Å². The van der Waals surface area contributed by atoms with E-state index < -0.39 is 6.04 Å². The van der Waals surface area contributed by atoms with Crippen LogP contribution in [-0.4, -0.2) is 82.3 Å². The number of hydrogen-bond donors (Lipinski definition) is 4. The Hall–Kier alpha value is -4.16. The van der Waals surface area contributed by atoms with Crippen molar-refractivity contribution in [3.8, 4) is 0 Å². The Morgan fingerprint density at radius 1 is 0.581 bits per heavy atom. The smallest absolute Gasteiger partial charge is 0.251 e. The summed E-state index contributed by atoms with van der Waals surface area (Å²) in [6, 6.07) is 31.2. The van der Waals surface area contributed by atoms with Crippen molar-refractivity contribution >= 4 is 70.0 Å². The zero-order chi connectivity index (χ0) is 43.8. The summed E-state index contributed by atoms with van der Waals surface area (Å²) in [5, 5.41) is 14.4. The van der Waals surface area contributed by atoms with E-state index in [1.54, 1.807) is 55.5 Å². The number of nitrogens with one attached hydrogen (secondary N) is 4. The van der Waals surface area contributed by atoms with Gasteiger partial charge in [0.1, 0.15) is 6.04 Å². The second kappa shape index (κ2) is 21.5. The Labute approximate surface area is 384 Å². The topological polar surface area (TPSA) is 123 Å². The van der Waals surface area contributed by atoms with Gasteiger partial charge in [0, 0.05) is 93.5 Å². The molecular formula is C48H54Cl4N6O4. The minimum Gasteiger partial charge on any atom is -0.353 e. The number of hydrogen-bond acceptors (Lipinski definition) is 6. The first-order valence-electron chi connectivity index (χ1n) is 21.6. The largest absolute Gasteiger partial charge is 0.353 e.